The summed E-state index contributed by atoms with van der Waals surface area (Å²) in [7, 11) is 0. The minimum Gasteiger partial charge on any atom is -0.493 e. The molecule has 10 heteroatoms. The Labute approximate surface area is 402 Å². The fourth-order valence-corrected chi connectivity index (χ4v) is 8.78. The number of fused-ring (bicyclic) bond motifs is 8. The molecule has 0 aliphatic heterocycles. The molecule has 68 heavy (non-hydrogen) atoms. The third kappa shape index (κ3) is 12.9. The van der Waals surface area contributed by atoms with E-state index in [1.807, 2.05) is 84.9 Å². The van der Waals surface area contributed by atoms with Crippen LogP contribution in [0.25, 0.3) is 0 Å². The second kappa shape index (κ2) is 24.4. The molecule has 0 saturated heterocycles. The van der Waals surface area contributed by atoms with Crippen LogP contribution in [0.5, 0.6) is 23.0 Å². The van der Waals surface area contributed by atoms with E-state index >= 15 is 0 Å². The predicted octanol–water partition coefficient (Wildman–Crippen LogP) is 10.5. The number of rotatable bonds is 20. The monoisotopic (exact) mass is 917 g/mol. The Balaban J connectivity index is 1.40. The number of carbonyl (C=O) groups is 2. The van der Waals surface area contributed by atoms with Crippen LogP contribution in [-0.4, -0.2) is 50.3 Å². The lowest BCUT2D eigenvalue weighted by Gasteiger charge is -2.24. The molecule has 0 unspecified atom stereocenters. The number of ether oxygens (including phenoxy) is 4. The highest BCUT2D eigenvalue weighted by atomic mass is 16.5. The van der Waals surface area contributed by atoms with Gasteiger partial charge in [0, 0.05) is 59.3 Å². The average molecular weight is 917 g/mol. The molecule has 1 aliphatic carbocycles. The average Bonchev–Trinajstić information content (AvgIpc) is 3.33. The number of nitrogens with two attached hydrogens (primary N) is 2. The summed E-state index contributed by atoms with van der Waals surface area (Å²) in [6.45, 7) is 10.5. The van der Waals surface area contributed by atoms with Crippen LogP contribution in [0.2, 0.25) is 0 Å². The molecule has 10 nitrogen and oxygen atoms in total. The Hall–Kier alpha value is -6.62. The van der Waals surface area contributed by atoms with Crippen molar-refractivity contribution in [3.05, 3.63) is 177 Å². The van der Waals surface area contributed by atoms with Crippen molar-refractivity contribution in [2.75, 3.05) is 37.1 Å². The zero-order chi connectivity index (χ0) is 47.8. The van der Waals surface area contributed by atoms with E-state index in [-0.39, 0.29) is 11.8 Å². The van der Waals surface area contributed by atoms with E-state index in [0.717, 1.165) is 104 Å². The third-order valence-corrected chi connectivity index (χ3v) is 12.0. The molecule has 2 atom stereocenters. The van der Waals surface area contributed by atoms with Crippen molar-refractivity contribution >= 4 is 23.2 Å². The third-order valence-electron chi connectivity index (χ3n) is 12.0. The van der Waals surface area contributed by atoms with E-state index in [2.05, 4.69) is 74.7 Å². The van der Waals surface area contributed by atoms with Crippen molar-refractivity contribution in [2.24, 2.45) is 11.5 Å². The standard InChI is InChI=1S/C58H68N4O6/c1-5-25-65-53-41-21-15-22-42(53)32-46-36-50(62-58(64)52(60)30-40-19-13-10-14-20-40)38-48(56(46)68-28-8-4)34-44-24-16-23-43(54(44)66-26-6-2)33-47-37-49(35-45(31-41)55(47)67-27-7-3)61-57(63)51(59)29-39-17-11-9-12-18-39/h9-24,35-38,51-52H,5-8,25-34,59-60H2,1-4H3,(H,61,63)(H,62,64)/t51-,52-/m0/s1. The highest BCUT2D eigenvalue weighted by Crippen LogP contribution is 2.41. The lowest BCUT2D eigenvalue weighted by Crippen LogP contribution is -2.37. The molecular weight excluding hydrogens is 849 g/mol. The molecule has 6 aromatic carbocycles. The molecule has 1 aliphatic rings. The largest absolute Gasteiger partial charge is 0.493 e. The van der Waals surface area contributed by atoms with Gasteiger partial charge in [-0.05, 0) is 96.2 Å². The number of anilines is 2. The van der Waals surface area contributed by atoms with Crippen LogP contribution in [0, 0.1) is 0 Å². The summed E-state index contributed by atoms with van der Waals surface area (Å²) in [5.41, 5.74) is 23.9. The lowest BCUT2D eigenvalue weighted by atomic mass is 9.90. The zero-order valence-corrected chi connectivity index (χ0v) is 40.2. The smallest absolute Gasteiger partial charge is 0.241 e. The fourth-order valence-electron chi connectivity index (χ4n) is 8.78. The molecule has 8 bridgehead atoms. The van der Waals surface area contributed by atoms with Crippen LogP contribution in [0.15, 0.2) is 121 Å². The van der Waals surface area contributed by atoms with Gasteiger partial charge in [0.2, 0.25) is 11.8 Å². The maximum absolute atomic E-state index is 13.9. The van der Waals surface area contributed by atoms with Crippen molar-refractivity contribution < 1.29 is 28.5 Å². The number of nitrogens with one attached hydrogen (secondary N) is 2. The van der Waals surface area contributed by atoms with Crippen LogP contribution < -0.4 is 41.0 Å². The summed E-state index contributed by atoms with van der Waals surface area (Å²) in [5.74, 6) is 2.58. The molecular formula is C58H68N4O6. The van der Waals surface area contributed by atoms with Gasteiger partial charge >= 0.3 is 0 Å². The fraction of sp³-hybridized carbons (Fsp3) is 0.345. The quantitative estimate of drug-likeness (QED) is 0.0591. The van der Waals surface area contributed by atoms with E-state index in [4.69, 9.17) is 30.4 Å². The van der Waals surface area contributed by atoms with Crippen LogP contribution in [0.3, 0.4) is 0 Å². The summed E-state index contributed by atoms with van der Waals surface area (Å²) >= 11 is 0. The molecule has 356 valence electrons. The topological polar surface area (TPSA) is 147 Å². The molecule has 6 N–H and O–H groups in total. The number of carbonyl (C=O) groups excluding carboxylic acids is 2. The molecule has 6 aromatic rings. The first-order valence-corrected chi connectivity index (χ1v) is 24.4. The van der Waals surface area contributed by atoms with Crippen molar-refractivity contribution in [3.63, 3.8) is 0 Å². The van der Waals surface area contributed by atoms with Crippen molar-refractivity contribution in [1.29, 1.82) is 0 Å². The zero-order valence-electron chi connectivity index (χ0n) is 40.2. The molecule has 0 radical (unpaired) electrons. The second-order valence-corrected chi connectivity index (χ2v) is 17.7. The van der Waals surface area contributed by atoms with Crippen molar-refractivity contribution in [3.8, 4) is 23.0 Å². The Morgan fingerprint density at radius 2 is 0.706 bits per heavy atom. The maximum atomic E-state index is 13.9. The van der Waals surface area contributed by atoms with Gasteiger partial charge in [-0.15, -0.1) is 0 Å². The van der Waals surface area contributed by atoms with Crippen LogP contribution in [0.4, 0.5) is 11.4 Å². The van der Waals surface area contributed by atoms with E-state index in [1.54, 1.807) is 0 Å². The van der Waals surface area contributed by atoms with Crippen molar-refractivity contribution in [1.82, 2.24) is 0 Å². The molecule has 7 rings (SSSR count). The minimum atomic E-state index is -0.759. The van der Waals surface area contributed by atoms with Gasteiger partial charge in [0.05, 0.1) is 38.5 Å². The minimum absolute atomic E-state index is 0.269. The van der Waals surface area contributed by atoms with Gasteiger partial charge in [-0.2, -0.15) is 0 Å². The second-order valence-electron chi connectivity index (χ2n) is 17.7. The number of hydrogen-bond acceptors (Lipinski definition) is 8. The Bertz CT molecular complexity index is 2340. The number of amides is 2. The highest BCUT2D eigenvalue weighted by Gasteiger charge is 2.25. The highest BCUT2D eigenvalue weighted by molar-refractivity contribution is 5.96. The number of benzene rings is 6. The molecule has 0 spiro atoms. The van der Waals surface area contributed by atoms with Gasteiger partial charge < -0.3 is 41.0 Å². The van der Waals surface area contributed by atoms with E-state index in [0.29, 0.717) is 76.3 Å². The van der Waals surface area contributed by atoms with Crippen LogP contribution in [-0.2, 0) is 48.1 Å². The SMILES string of the molecule is CCCOc1c2cccc1Cc1cc(NC(=O)[C@@H](N)Cc3ccccc3)cc(c1OCCC)Cc1cccc(c1OCCC)Cc1cc(NC(=O)[C@@H](N)Cc3ccccc3)cc(c1OCCC)C2. The Morgan fingerprint density at radius 3 is 0.985 bits per heavy atom. The van der Waals surface area contributed by atoms with Gasteiger partial charge in [-0.1, -0.05) is 125 Å². The summed E-state index contributed by atoms with van der Waals surface area (Å²) in [4.78, 5) is 27.8. The van der Waals surface area contributed by atoms with Crippen molar-refractivity contribution in [2.45, 2.75) is 104 Å². The van der Waals surface area contributed by atoms with Crippen LogP contribution in [0.1, 0.15) is 109 Å². The van der Waals surface area contributed by atoms with E-state index in [9.17, 15) is 9.59 Å². The van der Waals surface area contributed by atoms with Crippen LogP contribution >= 0.6 is 0 Å². The predicted molar refractivity (Wildman–Crippen MR) is 274 cm³/mol. The Morgan fingerprint density at radius 1 is 0.426 bits per heavy atom. The van der Waals surface area contributed by atoms with E-state index in [1.165, 1.54) is 0 Å². The summed E-state index contributed by atoms with van der Waals surface area (Å²) in [5, 5.41) is 6.38. The van der Waals surface area contributed by atoms with Gasteiger partial charge in [-0.25, -0.2) is 0 Å². The van der Waals surface area contributed by atoms with Gasteiger partial charge in [0.25, 0.3) is 0 Å². The van der Waals surface area contributed by atoms with Gasteiger partial charge in [-0.3, -0.25) is 9.59 Å². The lowest BCUT2D eigenvalue weighted by molar-refractivity contribution is -0.118. The molecule has 0 fully saturated rings. The molecule has 2 amide bonds. The number of para-hydroxylation sites is 2. The Kier molecular flexibility index (Phi) is 17.7. The van der Waals surface area contributed by atoms with Gasteiger partial charge in [0.1, 0.15) is 23.0 Å². The molecule has 0 saturated carbocycles. The normalized spacial score (nSPS) is 12.9. The first-order chi connectivity index (χ1) is 33.2. The summed E-state index contributed by atoms with van der Waals surface area (Å²) in [6.07, 6.45) is 5.89. The van der Waals surface area contributed by atoms with Gasteiger partial charge in [0.15, 0.2) is 0 Å². The molecule has 0 heterocycles. The number of hydrogen-bond donors (Lipinski definition) is 4. The first kappa shape index (κ1) is 49.3. The maximum Gasteiger partial charge on any atom is 0.241 e. The summed E-state index contributed by atoms with van der Waals surface area (Å²) < 4.78 is 26.9. The first-order valence-electron chi connectivity index (χ1n) is 24.4. The van der Waals surface area contributed by atoms with E-state index < -0.39 is 12.1 Å². The summed E-state index contributed by atoms with van der Waals surface area (Å²) in [6, 6.07) is 38.8. The molecule has 0 aromatic heterocycles.